The molecule has 0 saturated heterocycles. The van der Waals surface area contributed by atoms with Crippen molar-refractivity contribution in [3.05, 3.63) is 0 Å². The summed E-state index contributed by atoms with van der Waals surface area (Å²) in [4.78, 5) is 92.5. The molecule has 6 amide bonds. The number of aliphatic hydroxyl groups excluding tert-OH is 3. The van der Waals surface area contributed by atoms with E-state index in [1.54, 1.807) is 79.5 Å². The highest BCUT2D eigenvalue weighted by molar-refractivity contribution is 8.77. The SMILES string of the molecule is CCCCCCCCCCSSCCC(=O)N(CCOCCO)C(C(=O)NCCN(CCNC(=O)C(C(C)C)N(CCOCCO)C(=O)CCSSCCCCCCCCCC)CCNC(=O)C(C(C)C)N(CCOCCO)C(=O)CCSSCCCCCCCCCC)C(C)C. The lowest BCUT2D eigenvalue weighted by Crippen LogP contribution is -2.55. The third-order valence-corrected chi connectivity index (χ3v) is 24.2. The summed E-state index contributed by atoms with van der Waals surface area (Å²) >= 11 is 0. The highest BCUT2D eigenvalue weighted by Gasteiger charge is 2.35. The Morgan fingerprint density at radius 3 is 0.773 bits per heavy atom. The second kappa shape index (κ2) is 69.0. The molecule has 19 nitrogen and oxygen atoms in total. The average Bonchev–Trinajstić information content (AvgIpc) is 0.887. The maximum Gasteiger partial charge on any atom is 0.243 e. The van der Waals surface area contributed by atoms with Gasteiger partial charge in [-0.15, -0.1) is 0 Å². The van der Waals surface area contributed by atoms with Crippen LogP contribution < -0.4 is 16.0 Å². The van der Waals surface area contributed by atoms with E-state index < -0.39 is 18.1 Å². The molecule has 0 bridgehead atoms. The monoisotopic (exact) mass is 1490 g/mol. The first-order valence-corrected chi connectivity index (χ1v) is 45.3. The standard InChI is InChI=1S/C72H141N7O12S6/c1-10-13-16-19-22-25-28-31-55-92-95-58-34-64(83)77(43-49-89-52-46-80)67(61(4)5)70(86)73-37-40-76(41-38-74-71(87)68(62(6)7)78(44-50-90-53-47-81)65(84)35-59-96-93-56-32-29-26-23-20-17-14-11-2)42-39-75-72(88)69(63(8)9)79(45-51-91-54-48-82)66(85)36-60-97-94-57-33-30-27-24-21-18-15-12-3/h61-63,67-69,80-82H,10-60H2,1-9H3,(H,73,86)(H,74,87)(H,75,88). The van der Waals surface area contributed by atoms with Gasteiger partial charge in [-0.1, -0.05) is 262 Å². The van der Waals surface area contributed by atoms with Gasteiger partial charge >= 0.3 is 0 Å². The molecule has 0 aliphatic rings. The van der Waals surface area contributed by atoms with Crippen molar-refractivity contribution in [2.45, 2.75) is 254 Å². The van der Waals surface area contributed by atoms with Crippen LogP contribution in [-0.4, -0.2) is 241 Å². The molecule has 97 heavy (non-hydrogen) atoms. The van der Waals surface area contributed by atoms with E-state index in [-0.39, 0.29) is 171 Å². The first-order chi connectivity index (χ1) is 47.1. The summed E-state index contributed by atoms with van der Waals surface area (Å²) in [6, 6.07) is -2.41. The fourth-order valence-electron chi connectivity index (χ4n) is 11.4. The Morgan fingerprint density at radius 1 is 0.320 bits per heavy atom. The van der Waals surface area contributed by atoms with E-state index >= 15 is 0 Å². The molecule has 0 radical (unpaired) electrons. The molecule has 3 atom stereocenters. The molecule has 0 aliphatic carbocycles. The third kappa shape index (κ3) is 52.3. The Balaban J connectivity index is 6.53. The van der Waals surface area contributed by atoms with Crippen molar-refractivity contribution in [3.8, 4) is 0 Å². The quantitative estimate of drug-likeness (QED) is 0.0245. The minimum atomic E-state index is -0.804. The van der Waals surface area contributed by atoms with Crippen LogP contribution in [0.15, 0.2) is 0 Å². The molecular weight excluding hydrogens is 1350 g/mol. The van der Waals surface area contributed by atoms with Crippen LogP contribution >= 0.6 is 64.8 Å². The molecular formula is C72H141N7O12S6. The minimum absolute atomic E-state index is 0.114. The third-order valence-electron chi connectivity index (χ3n) is 16.7. The van der Waals surface area contributed by atoms with Gasteiger partial charge in [0, 0.05) is 113 Å². The Labute approximate surface area is 614 Å². The molecule has 0 aromatic rings. The summed E-state index contributed by atoms with van der Waals surface area (Å²) in [5.41, 5.74) is 0. The number of rotatable bonds is 72. The number of aliphatic hydroxyl groups is 3. The molecule has 0 heterocycles. The number of hydrogen-bond acceptors (Lipinski definition) is 19. The van der Waals surface area contributed by atoms with Gasteiger partial charge in [0.15, 0.2) is 0 Å². The van der Waals surface area contributed by atoms with Gasteiger partial charge in [-0.05, 0) is 37.0 Å². The Bertz CT molecular complexity index is 1690. The Morgan fingerprint density at radius 2 is 0.546 bits per heavy atom. The molecule has 25 heteroatoms. The number of nitrogens with one attached hydrogen (secondary N) is 3. The summed E-state index contributed by atoms with van der Waals surface area (Å²) in [5.74, 6) is 2.77. The zero-order chi connectivity index (χ0) is 71.8. The van der Waals surface area contributed by atoms with Crippen LogP contribution in [0.25, 0.3) is 0 Å². The van der Waals surface area contributed by atoms with Gasteiger partial charge in [0.25, 0.3) is 0 Å². The Hall–Kier alpha value is -1.36. The molecule has 0 rings (SSSR count). The van der Waals surface area contributed by atoms with E-state index in [0.29, 0.717) is 36.9 Å². The van der Waals surface area contributed by atoms with Crippen molar-refractivity contribution in [1.82, 2.24) is 35.6 Å². The molecule has 0 saturated carbocycles. The number of carbonyl (C=O) groups is 6. The molecule has 3 unspecified atom stereocenters. The smallest absolute Gasteiger partial charge is 0.243 e. The Kier molecular flexibility index (Phi) is 68.1. The van der Waals surface area contributed by atoms with Gasteiger partial charge in [-0.3, -0.25) is 33.7 Å². The van der Waals surface area contributed by atoms with Crippen LogP contribution in [0.1, 0.15) is 236 Å². The summed E-state index contributed by atoms with van der Waals surface area (Å²) in [5, 5.41) is 37.7. The number of ether oxygens (including phenoxy) is 3. The van der Waals surface area contributed by atoms with Crippen LogP contribution in [0.3, 0.4) is 0 Å². The highest BCUT2D eigenvalue weighted by atomic mass is 33.1. The fraction of sp³-hybridized carbons (Fsp3) is 0.917. The minimum Gasteiger partial charge on any atom is -0.394 e. The van der Waals surface area contributed by atoms with E-state index in [0.717, 1.165) is 36.5 Å². The first-order valence-electron chi connectivity index (χ1n) is 37.8. The van der Waals surface area contributed by atoms with Crippen LogP contribution in [0.2, 0.25) is 0 Å². The van der Waals surface area contributed by atoms with Gasteiger partial charge in [-0.25, -0.2) is 0 Å². The molecule has 0 spiro atoms. The van der Waals surface area contributed by atoms with Crippen LogP contribution in [0.5, 0.6) is 0 Å². The zero-order valence-corrected chi connectivity index (χ0v) is 67.2. The largest absolute Gasteiger partial charge is 0.394 e. The highest BCUT2D eigenvalue weighted by Crippen LogP contribution is 2.28. The maximum atomic E-state index is 14.4. The van der Waals surface area contributed by atoms with Crippen LogP contribution in [0.4, 0.5) is 0 Å². The number of nitrogens with zero attached hydrogens (tertiary/aromatic N) is 4. The molecule has 0 aromatic heterocycles. The number of unbranched alkanes of at least 4 members (excludes halogenated alkanes) is 21. The first kappa shape index (κ1) is 95.6. The summed E-state index contributed by atoms with van der Waals surface area (Å²) in [6.07, 6.45) is 31.0. The van der Waals surface area contributed by atoms with Gasteiger partial charge < -0.3 is 60.2 Å². The second-order valence-corrected chi connectivity index (χ2v) is 34.3. The molecule has 0 aliphatic heterocycles. The van der Waals surface area contributed by atoms with E-state index in [1.165, 1.54) is 135 Å². The normalized spacial score (nSPS) is 12.6. The molecule has 6 N–H and O–H groups in total. The van der Waals surface area contributed by atoms with Crippen molar-refractivity contribution in [1.29, 1.82) is 0 Å². The predicted octanol–water partition coefficient (Wildman–Crippen LogP) is 13.0. The maximum absolute atomic E-state index is 14.4. The lowest BCUT2D eigenvalue weighted by Gasteiger charge is -2.34. The van der Waals surface area contributed by atoms with Gasteiger partial charge in [0.05, 0.1) is 59.5 Å². The van der Waals surface area contributed by atoms with Crippen molar-refractivity contribution >= 4 is 100 Å². The van der Waals surface area contributed by atoms with E-state index in [1.807, 2.05) is 46.4 Å². The van der Waals surface area contributed by atoms with Crippen molar-refractivity contribution in [2.75, 3.05) is 153 Å². The number of carbonyl (C=O) groups excluding carboxylic acids is 6. The van der Waals surface area contributed by atoms with E-state index in [9.17, 15) is 44.1 Å². The lowest BCUT2D eigenvalue weighted by molar-refractivity contribution is -0.143. The second-order valence-electron chi connectivity index (χ2n) is 26.2. The summed E-state index contributed by atoms with van der Waals surface area (Å²) in [7, 11) is 10.4. The zero-order valence-electron chi connectivity index (χ0n) is 62.3. The summed E-state index contributed by atoms with van der Waals surface area (Å²) < 4.78 is 16.9. The van der Waals surface area contributed by atoms with Gasteiger partial charge in [0.2, 0.25) is 35.4 Å². The van der Waals surface area contributed by atoms with Crippen molar-refractivity contribution in [3.63, 3.8) is 0 Å². The van der Waals surface area contributed by atoms with Crippen molar-refractivity contribution in [2.24, 2.45) is 17.8 Å². The van der Waals surface area contributed by atoms with Crippen molar-refractivity contribution < 1.29 is 58.3 Å². The van der Waals surface area contributed by atoms with Gasteiger partial charge in [-0.2, -0.15) is 0 Å². The van der Waals surface area contributed by atoms with E-state index in [2.05, 4.69) is 36.7 Å². The van der Waals surface area contributed by atoms with Crippen LogP contribution in [-0.2, 0) is 43.0 Å². The van der Waals surface area contributed by atoms with E-state index in [4.69, 9.17) is 14.2 Å². The average molecular weight is 1490 g/mol. The number of amides is 6. The van der Waals surface area contributed by atoms with Gasteiger partial charge in [0.1, 0.15) is 18.1 Å². The van der Waals surface area contributed by atoms with Crippen LogP contribution in [0, 0.1) is 17.8 Å². The molecule has 0 aromatic carbocycles. The predicted molar refractivity (Wildman–Crippen MR) is 417 cm³/mol. The lowest BCUT2D eigenvalue weighted by atomic mass is 10.0. The molecule has 572 valence electrons. The molecule has 0 fully saturated rings. The number of hydrogen-bond donors (Lipinski definition) is 6. The topological polar surface area (TPSA) is 240 Å². The summed E-state index contributed by atoms with van der Waals surface area (Å²) in [6.45, 7) is 20.6. The fourth-order valence-corrected chi connectivity index (χ4v) is 17.8.